The van der Waals surface area contributed by atoms with Gasteiger partial charge in [0.25, 0.3) is 0 Å². The van der Waals surface area contributed by atoms with Gasteiger partial charge < -0.3 is 19.7 Å². The number of nitrogens with one attached hydrogen (secondary N) is 1. The Bertz CT molecular complexity index is 1250. The molecule has 0 aliphatic carbocycles. The van der Waals surface area contributed by atoms with E-state index in [2.05, 4.69) is 78.3 Å². The van der Waals surface area contributed by atoms with Crippen molar-refractivity contribution in [3.8, 4) is 5.82 Å². The second-order valence-corrected chi connectivity index (χ2v) is 8.79. The molecule has 6 nitrogen and oxygen atoms in total. The first-order valence-corrected chi connectivity index (χ1v) is 11.3. The number of aromatic nitrogens is 3. The predicted octanol–water partition coefficient (Wildman–Crippen LogP) is 4.82. The fourth-order valence-electron chi connectivity index (χ4n) is 4.29. The summed E-state index contributed by atoms with van der Waals surface area (Å²) in [5.41, 5.74) is 5.34. The van der Waals surface area contributed by atoms with Crippen molar-refractivity contribution in [3.05, 3.63) is 102 Å². The van der Waals surface area contributed by atoms with Crippen LogP contribution in [0.3, 0.4) is 0 Å². The van der Waals surface area contributed by atoms with Crippen molar-refractivity contribution in [2.75, 3.05) is 23.9 Å². The van der Waals surface area contributed by atoms with E-state index in [0.717, 1.165) is 34.1 Å². The Hall–Kier alpha value is -3.71. The third kappa shape index (κ3) is 3.96. The van der Waals surface area contributed by atoms with Gasteiger partial charge >= 0.3 is 0 Å². The van der Waals surface area contributed by atoms with Gasteiger partial charge in [-0.25, -0.2) is 4.98 Å². The molecule has 1 saturated heterocycles. The third-order valence-electron chi connectivity index (χ3n) is 5.97. The third-order valence-corrected chi connectivity index (χ3v) is 6.28. The number of nitrogens with zero attached hydrogens (tertiary/aromatic N) is 5. The van der Waals surface area contributed by atoms with Gasteiger partial charge in [-0.1, -0.05) is 12.1 Å². The second kappa shape index (κ2) is 8.67. The molecule has 0 bridgehead atoms. The van der Waals surface area contributed by atoms with E-state index in [4.69, 9.17) is 12.2 Å². The lowest BCUT2D eigenvalue weighted by molar-refractivity contribution is 0.548. The molecule has 0 saturated carbocycles. The highest BCUT2D eigenvalue weighted by Crippen LogP contribution is 2.42. The molecule has 1 fully saturated rings. The van der Waals surface area contributed by atoms with Crippen LogP contribution in [0.25, 0.3) is 5.82 Å². The minimum absolute atomic E-state index is 0.101. The smallest absolute Gasteiger partial charge is 0.174 e. The maximum absolute atomic E-state index is 5.86. The lowest BCUT2D eigenvalue weighted by Crippen LogP contribution is -2.30. The van der Waals surface area contributed by atoms with E-state index in [1.165, 1.54) is 0 Å². The van der Waals surface area contributed by atoms with E-state index in [1.807, 2.05) is 57.7 Å². The topological polar surface area (TPSA) is 49.2 Å². The molecule has 1 aliphatic rings. The number of rotatable bonds is 5. The van der Waals surface area contributed by atoms with Crippen LogP contribution in [-0.2, 0) is 0 Å². The zero-order valence-corrected chi connectivity index (χ0v) is 19.7. The average molecular weight is 455 g/mol. The molecule has 1 N–H and O–H groups in total. The molecule has 4 heterocycles. The molecular weight excluding hydrogens is 428 g/mol. The van der Waals surface area contributed by atoms with Crippen LogP contribution in [0.5, 0.6) is 0 Å². The first kappa shape index (κ1) is 21.2. The van der Waals surface area contributed by atoms with Gasteiger partial charge in [0.2, 0.25) is 0 Å². The van der Waals surface area contributed by atoms with Gasteiger partial charge in [0, 0.05) is 49.8 Å². The van der Waals surface area contributed by atoms with Crippen molar-refractivity contribution >= 4 is 28.7 Å². The van der Waals surface area contributed by atoms with Crippen LogP contribution in [0.15, 0.2) is 85.3 Å². The molecule has 4 aromatic rings. The maximum atomic E-state index is 5.86. The number of pyridine rings is 2. The van der Waals surface area contributed by atoms with E-state index < -0.39 is 0 Å². The van der Waals surface area contributed by atoms with Crippen LogP contribution in [-0.4, -0.2) is 33.7 Å². The first-order chi connectivity index (χ1) is 16.0. The highest BCUT2D eigenvalue weighted by molar-refractivity contribution is 7.80. The molecule has 1 aromatic carbocycles. The summed E-state index contributed by atoms with van der Waals surface area (Å²) in [6.07, 6.45) is 5.77. The minimum atomic E-state index is -0.105. The van der Waals surface area contributed by atoms with Crippen LogP contribution in [0.4, 0.5) is 11.4 Å². The first-order valence-electron chi connectivity index (χ1n) is 10.9. The van der Waals surface area contributed by atoms with Gasteiger partial charge in [-0.05, 0) is 79.3 Å². The van der Waals surface area contributed by atoms with Gasteiger partial charge in [0.1, 0.15) is 11.9 Å². The lowest BCUT2D eigenvalue weighted by atomic mass is 10.0. The molecule has 3 aromatic heterocycles. The second-order valence-electron chi connectivity index (χ2n) is 8.40. The molecule has 0 amide bonds. The summed E-state index contributed by atoms with van der Waals surface area (Å²) in [6.45, 7) is 2.04. The van der Waals surface area contributed by atoms with Crippen LogP contribution in [0.1, 0.15) is 29.0 Å². The maximum Gasteiger partial charge on any atom is 0.174 e. The van der Waals surface area contributed by atoms with E-state index in [1.54, 1.807) is 0 Å². The number of benzene rings is 1. The van der Waals surface area contributed by atoms with Gasteiger partial charge in [0.15, 0.2) is 5.11 Å². The van der Waals surface area contributed by atoms with Crippen molar-refractivity contribution < 1.29 is 0 Å². The molecule has 7 heteroatoms. The van der Waals surface area contributed by atoms with E-state index in [-0.39, 0.29) is 12.1 Å². The fraction of sp³-hybridized carbons (Fsp3) is 0.192. The Morgan fingerprint density at radius 1 is 0.939 bits per heavy atom. The number of hydrogen-bond donors (Lipinski definition) is 1. The normalized spacial score (nSPS) is 17.8. The van der Waals surface area contributed by atoms with Crippen molar-refractivity contribution in [2.45, 2.75) is 19.0 Å². The van der Waals surface area contributed by atoms with Crippen LogP contribution in [0, 0.1) is 6.92 Å². The SMILES string of the molecule is Cc1ccc(-n2cccc2[C@H]2[C@H](c3ccccn3)NC(=S)N2c2ccc(N(C)C)cc2)nc1. The fourth-order valence-corrected chi connectivity index (χ4v) is 4.64. The molecule has 2 atom stereocenters. The summed E-state index contributed by atoms with van der Waals surface area (Å²) in [4.78, 5) is 13.6. The zero-order valence-electron chi connectivity index (χ0n) is 18.9. The molecule has 0 unspecified atom stereocenters. The zero-order chi connectivity index (χ0) is 22.9. The number of anilines is 2. The van der Waals surface area contributed by atoms with Gasteiger partial charge in [-0.3, -0.25) is 4.98 Å². The molecule has 1 aliphatic heterocycles. The number of thiocarbonyl (C=S) groups is 1. The van der Waals surface area contributed by atoms with Crippen molar-refractivity contribution in [1.29, 1.82) is 0 Å². The summed E-state index contributed by atoms with van der Waals surface area (Å²) in [5, 5.41) is 4.21. The summed E-state index contributed by atoms with van der Waals surface area (Å²) >= 11 is 5.86. The van der Waals surface area contributed by atoms with E-state index in [9.17, 15) is 0 Å². The van der Waals surface area contributed by atoms with E-state index >= 15 is 0 Å². The van der Waals surface area contributed by atoms with Crippen LogP contribution < -0.4 is 15.1 Å². The molecular formula is C26H26N6S. The molecule has 33 heavy (non-hydrogen) atoms. The Balaban J connectivity index is 1.63. The van der Waals surface area contributed by atoms with Crippen molar-refractivity contribution in [2.24, 2.45) is 0 Å². The van der Waals surface area contributed by atoms with Gasteiger partial charge in [-0.2, -0.15) is 0 Å². The number of hydrogen-bond acceptors (Lipinski definition) is 4. The monoisotopic (exact) mass is 454 g/mol. The Morgan fingerprint density at radius 2 is 1.76 bits per heavy atom. The Morgan fingerprint density at radius 3 is 2.42 bits per heavy atom. The lowest BCUT2D eigenvalue weighted by Gasteiger charge is -2.29. The molecule has 5 rings (SSSR count). The van der Waals surface area contributed by atoms with Gasteiger partial charge in [0.05, 0.1) is 11.7 Å². The standard InChI is InChI=1S/C26H26N6S/c1-18-9-14-23(28-17-18)31-16-6-8-22(31)25-24(21-7-4-5-15-27-21)29-26(33)32(25)20-12-10-19(11-13-20)30(2)3/h4-17,24-25H,1-3H3,(H,29,33)/t24-,25-/m0/s1. The van der Waals surface area contributed by atoms with Crippen molar-refractivity contribution in [1.82, 2.24) is 19.9 Å². The van der Waals surface area contributed by atoms with Crippen LogP contribution in [0.2, 0.25) is 0 Å². The van der Waals surface area contributed by atoms with Crippen molar-refractivity contribution in [3.63, 3.8) is 0 Å². The summed E-state index contributed by atoms with van der Waals surface area (Å²) in [7, 11) is 4.08. The minimum Gasteiger partial charge on any atom is -0.378 e. The van der Waals surface area contributed by atoms with E-state index in [0.29, 0.717) is 5.11 Å². The number of aryl methyl sites for hydroxylation is 1. The summed E-state index contributed by atoms with van der Waals surface area (Å²) in [6, 6.07) is 22.6. The van der Waals surface area contributed by atoms with Gasteiger partial charge in [-0.15, -0.1) is 0 Å². The predicted molar refractivity (Wildman–Crippen MR) is 137 cm³/mol. The molecule has 166 valence electrons. The molecule has 0 spiro atoms. The quantitative estimate of drug-likeness (QED) is 0.437. The Labute approximate surface area is 199 Å². The summed E-state index contributed by atoms with van der Waals surface area (Å²) in [5.74, 6) is 0.876. The highest BCUT2D eigenvalue weighted by atomic mass is 32.1. The summed E-state index contributed by atoms with van der Waals surface area (Å²) < 4.78 is 2.14. The largest absolute Gasteiger partial charge is 0.378 e. The average Bonchev–Trinajstić information content (AvgIpc) is 3.44. The Kier molecular flexibility index (Phi) is 5.56. The highest BCUT2D eigenvalue weighted by Gasteiger charge is 2.42. The van der Waals surface area contributed by atoms with Crippen LogP contribution >= 0.6 is 12.2 Å². The molecule has 0 radical (unpaired) electrons.